The third-order valence-corrected chi connectivity index (χ3v) is 4.99. The fourth-order valence-corrected chi connectivity index (χ4v) is 3.33. The number of ether oxygens (including phenoxy) is 1. The third-order valence-electron chi connectivity index (χ3n) is 4.99. The van der Waals surface area contributed by atoms with Crippen molar-refractivity contribution in [1.29, 1.82) is 0 Å². The Morgan fingerprint density at radius 2 is 1.70 bits per heavy atom. The summed E-state index contributed by atoms with van der Waals surface area (Å²) in [6.07, 6.45) is 5.90. The summed E-state index contributed by atoms with van der Waals surface area (Å²) in [5.74, 6) is 0.720. The lowest BCUT2D eigenvalue weighted by Crippen LogP contribution is -2.59. The summed E-state index contributed by atoms with van der Waals surface area (Å²) in [7, 11) is 1.79. The minimum Gasteiger partial charge on any atom is -0.383 e. The van der Waals surface area contributed by atoms with Gasteiger partial charge in [0, 0.05) is 31.8 Å². The van der Waals surface area contributed by atoms with Gasteiger partial charge in [0.2, 0.25) is 0 Å². The summed E-state index contributed by atoms with van der Waals surface area (Å²) in [4.78, 5) is 2.66. The van der Waals surface area contributed by atoms with Gasteiger partial charge < -0.3 is 10.5 Å². The summed E-state index contributed by atoms with van der Waals surface area (Å²) in [5.41, 5.74) is 6.39. The highest BCUT2D eigenvalue weighted by Gasteiger charge is 2.37. The van der Waals surface area contributed by atoms with Crippen LogP contribution in [0.1, 0.15) is 66.7 Å². The van der Waals surface area contributed by atoms with Crippen molar-refractivity contribution in [2.24, 2.45) is 11.7 Å². The number of nitrogens with zero attached hydrogens (tertiary/aromatic N) is 1. The Labute approximate surface area is 127 Å². The van der Waals surface area contributed by atoms with Crippen LogP contribution in [0.5, 0.6) is 0 Å². The predicted octanol–water partition coefficient (Wildman–Crippen LogP) is 3.67. The zero-order valence-electron chi connectivity index (χ0n) is 14.7. The molecule has 0 aromatic heterocycles. The van der Waals surface area contributed by atoms with E-state index in [9.17, 15) is 0 Å². The first kappa shape index (κ1) is 19.9. The van der Waals surface area contributed by atoms with Gasteiger partial charge in [-0.15, -0.1) is 0 Å². The predicted molar refractivity (Wildman–Crippen MR) is 89.1 cm³/mol. The van der Waals surface area contributed by atoms with E-state index in [0.29, 0.717) is 6.04 Å². The first-order valence-electron chi connectivity index (χ1n) is 8.50. The highest BCUT2D eigenvalue weighted by molar-refractivity contribution is 4.94. The van der Waals surface area contributed by atoms with Gasteiger partial charge >= 0.3 is 0 Å². The smallest absolute Gasteiger partial charge is 0.0590 e. The summed E-state index contributed by atoms with van der Waals surface area (Å²) in [5, 5.41) is 0. The third kappa shape index (κ3) is 5.34. The Morgan fingerprint density at radius 1 is 1.10 bits per heavy atom. The van der Waals surface area contributed by atoms with Crippen LogP contribution < -0.4 is 5.73 Å². The molecule has 0 aliphatic rings. The van der Waals surface area contributed by atoms with E-state index in [1.165, 1.54) is 25.7 Å². The molecule has 0 spiro atoms. The van der Waals surface area contributed by atoms with Crippen LogP contribution in [0.3, 0.4) is 0 Å². The van der Waals surface area contributed by atoms with Gasteiger partial charge in [-0.3, -0.25) is 4.90 Å². The van der Waals surface area contributed by atoms with Crippen LogP contribution in [-0.2, 0) is 4.74 Å². The Balaban J connectivity index is 5.25. The molecule has 2 unspecified atom stereocenters. The molecule has 0 aliphatic carbocycles. The molecule has 0 fully saturated rings. The van der Waals surface area contributed by atoms with Crippen LogP contribution in [-0.4, -0.2) is 43.3 Å². The SMILES string of the molecule is CCC(C)CC(CC)(CN)N(CCOC)C(CC)CC. The zero-order valence-corrected chi connectivity index (χ0v) is 14.7. The highest BCUT2D eigenvalue weighted by Crippen LogP contribution is 2.31. The monoisotopic (exact) mass is 286 g/mol. The first-order chi connectivity index (χ1) is 9.54. The molecule has 3 heteroatoms. The van der Waals surface area contributed by atoms with Gasteiger partial charge in [-0.25, -0.2) is 0 Å². The second-order valence-electron chi connectivity index (χ2n) is 6.16. The standard InChI is InChI=1S/C17H38N2O/c1-7-15(5)13-17(10-4,14-18)19(11-12-20-6)16(8-2)9-3/h15-16H,7-14,18H2,1-6H3. The van der Waals surface area contributed by atoms with Crippen molar-refractivity contribution < 1.29 is 4.74 Å². The molecule has 0 saturated carbocycles. The van der Waals surface area contributed by atoms with Crippen molar-refractivity contribution in [2.45, 2.75) is 78.3 Å². The van der Waals surface area contributed by atoms with Gasteiger partial charge in [0.05, 0.1) is 6.61 Å². The normalized spacial score (nSPS) is 16.6. The molecule has 122 valence electrons. The fraction of sp³-hybridized carbons (Fsp3) is 1.00. The maximum Gasteiger partial charge on any atom is 0.0590 e. The summed E-state index contributed by atoms with van der Waals surface area (Å²) < 4.78 is 5.34. The summed E-state index contributed by atoms with van der Waals surface area (Å²) >= 11 is 0. The Morgan fingerprint density at radius 3 is 2.05 bits per heavy atom. The lowest BCUT2D eigenvalue weighted by Gasteiger charge is -2.48. The molecular weight excluding hydrogens is 248 g/mol. The van der Waals surface area contributed by atoms with E-state index in [1.807, 2.05) is 0 Å². The molecule has 20 heavy (non-hydrogen) atoms. The van der Waals surface area contributed by atoms with E-state index in [1.54, 1.807) is 7.11 Å². The van der Waals surface area contributed by atoms with Gasteiger partial charge in [0.1, 0.15) is 0 Å². The van der Waals surface area contributed by atoms with Crippen molar-refractivity contribution in [1.82, 2.24) is 4.90 Å². The van der Waals surface area contributed by atoms with Crippen LogP contribution in [0.2, 0.25) is 0 Å². The molecule has 0 saturated heterocycles. The quantitative estimate of drug-likeness (QED) is 0.595. The minimum atomic E-state index is 0.130. The topological polar surface area (TPSA) is 38.5 Å². The van der Waals surface area contributed by atoms with E-state index in [-0.39, 0.29) is 5.54 Å². The van der Waals surface area contributed by atoms with E-state index in [0.717, 1.165) is 32.0 Å². The number of hydrogen-bond donors (Lipinski definition) is 1. The number of nitrogens with two attached hydrogens (primary N) is 1. The van der Waals surface area contributed by atoms with Gasteiger partial charge in [-0.05, 0) is 31.6 Å². The van der Waals surface area contributed by atoms with Crippen LogP contribution in [0, 0.1) is 5.92 Å². The molecular formula is C17H38N2O. The first-order valence-corrected chi connectivity index (χ1v) is 8.50. The maximum atomic E-state index is 6.26. The lowest BCUT2D eigenvalue weighted by molar-refractivity contribution is 0.00275. The average molecular weight is 287 g/mol. The average Bonchev–Trinajstić information content (AvgIpc) is 2.49. The maximum absolute atomic E-state index is 6.26. The fourth-order valence-electron chi connectivity index (χ4n) is 3.33. The second kappa shape index (κ2) is 10.6. The molecule has 0 heterocycles. The molecule has 0 aliphatic heterocycles. The molecule has 0 amide bonds. The van der Waals surface area contributed by atoms with Crippen molar-refractivity contribution >= 4 is 0 Å². The molecule has 3 nitrogen and oxygen atoms in total. The largest absolute Gasteiger partial charge is 0.383 e. The number of methoxy groups -OCH3 is 1. The Kier molecular flexibility index (Phi) is 10.5. The van der Waals surface area contributed by atoms with Gasteiger partial charge in [-0.1, -0.05) is 41.0 Å². The van der Waals surface area contributed by atoms with Crippen molar-refractivity contribution in [3.63, 3.8) is 0 Å². The summed E-state index contributed by atoms with van der Waals surface area (Å²) in [6.45, 7) is 14.0. The van der Waals surface area contributed by atoms with E-state index < -0.39 is 0 Å². The van der Waals surface area contributed by atoms with Crippen LogP contribution in [0.4, 0.5) is 0 Å². The van der Waals surface area contributed by atoms with Crippen molar-refractivity contribution in [3.8, 4) is 0 Å². The zero-order chi connectivity index (χ0) is 15.6. The van der Waals surface area contributed by atoms with Crippen LogP contribution in [0.15, 0.2) is 0 Å². The molecule has 0 rings (SSSR count). The highest BCUT2D eigenvalue weighted by atomic mass is 16.5. The molecule has 2 atom stereocenters. The van der Waals surface area contributed by atoms with E-state index in [4.69, 9.17) is 10.5 Å². The molecule has 0 aromatic rings. The Hall–Kier alpha value is -0.120. The lowest BCUT2D eigenvalue weighted by atomic mass is 9.81. The van der Waals surface area contributed by atoms with Crippen LogP contribution >= 0.6 is 0 Å². The molecule has 0 aromatic carbocycles. The Bertz CT molecular complexity index is 225. The minimum absolute atomic E-state index is 0.130. The number of rotatable bonds is 12. The molecule has 2 N–H and O–H groups in total. The van der Waals surface area contributed by atoms with Crippen molar-refractivity contribution in [2.75, 3.05) is 26.8 Å². The van der Waals surface area contributed by atoms with Crippen LogP contribution in [0.25, 0.3) is 0 Å². The van der Waals surface area contributed by atoms with Gasteiger partial charge in [-0.2, -0.15) is 0 Å². The number of hydrogen-bond acceptors (Lipinski definition) is 3. The van der Waals surface area contributed by atoms with E-state index >= 15 is 0 Å². The van der Waals surface area contributed by atoms with Crippen molar-refractivity contribution in [3.05, 3.63) is 0 Å². The van der Waals surface area contributed by atoms with Gasteiger partial charge in [0.25, 0.3) is 0 Å². The summed E-state index contributed by atoms with van der Waals surface area (Å²) in [6, 6.07) is 0.609. The molecule has 0 bridgehead atoms. The van der Waals surface area contributed by atoms with Gasteiger partial charge in [0.15, 0.2) is 0 Å². The molecule has 0 radical (unpaired) electrons. The second-order valence-corrected chi connectivity index (χ2v) is 6.16. The van der Waals surface area contributed by atoms with E-state index in [2.05, 4.69) is 39.5 Å².